The van der Waals surface area contributed by atoms with Gasteiger partial charge in [0.05, 0.1) is 0 Å². The first-order valence-electron chi connectivity index (χ1n) is 7.41. The lowest BCUT2D eigenvalue weighted by Gasteiger charge is -2.31. The molecule has 0 aliphatic carbocycles. The van der Waals surface area contributed by atoms with E-state index in [1.54, 1.807) is 7.05 Å². The Hall–Kier alpha value is -0.960. The van der Waals surface area contributed by atoms with Crippen LogP contribution >= 0.6 is 0 Å². The Morgan fingerprint density at radius 2 is 2.24 bits per heavy atom. The lowest BCUT2D eigenvalue weighted by Crippen LogP contribution is -2.47. The Morgan fingerprint density at radius 1 is 1.48 bits per heavy atom. The van der Waals surface area contributed by atoms with Gasteiger partial charge in [-0.25, -0.2) is 13.1 Å². The minimum atomic E-state index is -3.58. The predicted octanol–water partition coefficient (Wildman–Crippen LogP) is 0.200. The van der Waals surface area contributed by atoms with Gasteiger partial charge in [-0.05, 0) is 39.9 Å². The summed E-state index contributed by atoms with van der Waals surface area (Å²) in [6.45, 7) is 7.16. The number of likely N-dealkylation sites (N-methyl/N-ethyl adjacent to an activating group) is 1. The summed E-state index contributed by atoms with van der Waals surface area (Å²) in [7, 11) is -1.79. The average Bonchev–Trinajstić information content (AvgIpc) is 2.81. The largest absolute Gasteiger partial charge is 0.316 e. The lowest BCUT2D eigenvalue weighted by atomic mass is 10.1. The van der Waals surface area contributed by atoms with Gasteiger partial charge in [0, 0.05) is 30.4 Å². The van der Waals surface area contributed by atoms with Crippen LogP contribution < -0.4 is 10.0 Å². The number of aromatic nitrogens is 2. The second-order valence-corrected chi connectivity index (χ2v) is 7.15. The van der Waals surface area contributed by atoms with Crippen molar-refractivity contribution in [3.05, 3.63) is 11.3 Å². The number of hydrogen-bond acceptors (Lipinski definition) is 5. The van der Waals surface area contributed by atoms with Gasteiger partial charge in [-0.1, -0.05) is 6.92 Å². The van der Waals surface area contributed by atoms with Gasteiger partial charge in [-0.2, -0.15) is 5.10 Å². The highest BCUT2D eigenvalue weighted by atomic mass is 32.2. The fourth-order valence-corrected chi connectivity index (χ4v) is 4.21. The van der Waals surface area contributed by atoms with Crippen molar-refractivity contribution in [1.29, 1.82) is 0 Å². The number of likely N-dealkylation sites (tertiary alicyclic amines) is 1. The first-order valence-corrected chi connectivity index (χ1v) is 8.89. The molecule has 1 aromatic rings. The molecule has 120 valence electrons. The van der Waals surface area contributed by atoms with Crippen molar-refractivity contribution in [1.82, 2.24) is 25.1 Å². The molecule has 0 aromatic carbocycles. The van der Waals surface area contributed by atoms with Crippen LogP contribution in [-0.2, 0) is 16.6 Å². The number of aromatic amines is 1. The molecule has 0 radical (unpaired) electrons. The molecular weight excluding hydrogens is 290 g/mol. The summed E-state index contributed by atoms with van der Waals surface area (Å²) in [6, 6.07) is -0.0388. The first-order chi connectivity index (χ1) is 9.97. The molecule has 2 rings (SSSR count). The SMILES string of the molecule is CCN1CCCC(NS(=O)(=O)c2n[nH]c(C)c2CNC)C1. The van der Waals surface area contributed by atoms with Crippen LogP contribution in [0.5, 0.6) is 0 Å². The zero-order chi connectivity index (χ0) is 15.5. The van der Waals surface area contributed by atoms with Gasteiger partial charge in [0.2, 0.25) is 0 Å². The Labute approximate surface area is 126 Å². The maximum absolute atomic E-state index is 12.6. The van der Waals surface area contributed by atoms with E-state index in [0.29, 0.717) is 12.1 Å². The van der Waals surface area contributed by atoms with Crippen molar-refractivity contribution in [3.8, 4) is 0 Å². The van der Waals surface area contributed by atoms with Crippen molar-refractivity contribution < 1.29 is 8.42 Å². The third-order valence-corrected chi connectivity index (χ3v) is 5.41. The average molecular weight is 315 g/mol. The van der Waals surface area contributed by atoms with Crippen LogP contribution in [0.1, 0.15) is 31.0 Å². The standard InChI is InChI=1S/C13H25N5O2S/c1-4-18-7-5-6-11(9-18)17-21(19,20)13-12(8-14-3)10(2)15-16-13/h11,14,17H,4-9H2,1-3H3,(H,15,16). The lowest BCUT2D eigenvalue weighted by molar-refractivity contribution is 0.211. The summed E-state index contributed by atoms with van der Waals surface area (Å²) in [5.74, 6) is 0. The summed E-state index contributed by atoms with van der Waals surface area (Å²) in [4.78, 5) is 2.26. The molecule has 0 saturated carbocycles. The van der Waals surface area contributed by atoms with Crippen molar-refractivity contribution in [3.63, 3.8) is 0 Å². The molecule has 0 bridgehead atoms. The van der Waals surface area contributed by atoms with Gasteiger partial charge >= 0.3 is 0 Å². The topological polar surface area (TPSA) is 90.1 Å². The number of sulfonamides is 1. The molecule has 1 atom stereocenters. The van der Waals surface area contributed by atoms with Crippen molar-refractivity contribution in [2.45, 2.75) is 44.3 Å². The van der Waals surface area contributed by atoms with Gasteiger partial charge in [0.25, 0.3) is 10.0 Å². The van der Waals surface area contributed by atoms with Crippen molar-refractivity contribution in [2.24, 2.45) is 0 Å². The molecule has 1 saturated heterocycles. The number of nitrogens with one attached hydrogen (secondary N) is 3. The van der Waals surface area contributed by atoms with E-state index in [1.807, 2.05) is 6.92 Å². The van der Waals surface area contributed by atoms with Crippen molar-refractivity contribution >= 4 is 10.0 Å². The van der Waals surface area contributed by atoms with Gasteiger partial charge in [0.1, 0.15) is 0 Å². The molecule has 1 aromatic heterocycles. The monoisotopic (exact) mass is 315 g/mol. The van der Waals surface area contributed by atoms with Crippen LogP contribution in [0.2, 0.25) is 0 Å². The van der Waals surface area contributed by atoms with Gasteiger partial charge in [-0.3, -0.25) is 5.10 Å². The number of piperidine rings is 1. The summed E-state index contributed by atoms with van der Waals surface area (Å²) in [5.41, 5.74) is 1.48. The minimum absolute atomic E-state index is 0.0388. The summed E-state index contributed by atoms with van der Waals surface area (Å²) < 4.78 is 27.9. The van der Waals surface area contributed by atoms with Crippen LogP contribution in [0.15, 0.2) is 5.03 Å². The molecule has 1 aliphatic rings. The molecule has 0 amide bonds. The maximum Gasteiger partial charge on any atom is 0.260 e. The van der Waals surface area contributed by atoms with Crippen LogP contribution in [0.4, 0.5) is 0 Å². The number of aryl methyl sites for hydroxylation is 1. The maximum atomic E-state index is 12.6. The Bertz CT molecular complexity index is 569. The van der Waals surface area contributed by atoms with E-state index < -0.39 is 10.0 Å². The highest BCUT2D eigenvalue weighted by Crippen LogP contribution is 2.18. The molecule has 3 N–H and O–H groups in total. The molecule has 1 fully saturated rings. The smallest absolute Gasteiger partial charge is 0.260 e. The van der Waals surface area contributed by atoms with Crippen molar-refractivity contribution in [2.75, 3.05) is 26.7 Å². The van der Waals surface area contributed by atoms with Gasteiger partial charge < -0.3 is 10.2 Å². The Kier molecular flexibility index (Phi) is 5.37. The second kappa shape index (κ2) is 6.87. The Balaban J connectivity index is 2.15. The van der Waals surface area contributed by atoms with Gasteiger partial charge in [-0.15, -0.1) is 0 Å². The van der Waals surface area contributed by atoms with E-state index in [2.05, 4.69) is 32.1 Å². The number of H-pyrrole nitrogens is 1. The fraction of sp³-hybridized carbons (Fsp3) is 0.769. The quantitative estimate of drug-likeness (QED) is 0.698. The molecule has 21 heavy (non-hydrogen) atoms. The molecule has 0 spiro atoms. The zero-order valence-corrected chi connectivity index (χ0v) is 13.8. The molecule has 8 heteroatoms. The van der Waals surface area contributed by atoms with Gasteiger partial charge in [0.15, 0.2) is 5.03 Å². The number of nitrogens with zero attached hydrogens (tertiary/aromatic N) is 2. The Morgan fingerprint density at radius 3 is 2.90 bits per heavy atom. The summed E-state index contributed by atoms with van der Waals surface area (Å²) in [5, 5.41) is 9.84. The molecule has 2 heterocycles. The van der Waals surface area contributed by atoms with Crippen LogP contribution in [-0.4, -0.2) is 56.2 Å². The zero-order valence-electron chi connectivity index (χ0n) is 12.9. The number of hydrogen-bond donors (Lipinski definition) is 3. The third-order valence-electron chi connectivity index (χ3n) is 3.92. The van der Waals surface area contributed by atoms with Crippen LogP contribution in [0.25, 0.3) is 0 Å². The summed E-state index contributed by atoms with van der Waals surface area (Å²) >= 11 is 0. The van der Waals surface area contributed by atoms with E-state index in [1.165, 1.54) is 0 Å². The molecule has 1 unspecified atom stereocenters. The first kappa shape index (κ1) is 16.4. The minimum Gasteiger partial charge on any atom is -0.316 e. The second-order valence-electron chi connectivity index (χ2n) is 5.52. The van der Waals surface area contributed by atoms with Crippen LogP contribution in [0.3, 0.4) is 0 Å². The van der Waals surface area contributed by atoms with E-state index in [0.717, 1.165) is 38.2 Å². The summed E-state index contributed by atoms with van der Waals surface area (Å²) in [6.07, 6.45) is 1.89. The van der Waals surface area contributed by atoms with E-state index in [4.69, 9.17) is 0 Å². The molecule has 1 aliphatic heterocycles. The normalized spacial score (nSPS) is 20.8. The highest BCUT2D eigenvalue weighted by molar-refractivity contribution is 7.89. The molecular formula is C13H25N5O2S. The van der Waals surface area contributed by atoms with E-state index >= 15 is 0 Å². The third kappa shape index (κ3) is 3.82. The number of rotatable bonds is 6. The van der Waals surface area contributed by atoms with E-state index in [9.17, 15) is 8.42 Å². The van der Waals surface area contributed by atoms with Crippen LogP contribution in [0, 0.1) is 6.92 Å². The van der Waals surface area contributed by atoms with E-state index in [-0.39, 0.29) is 11.1 Å². The molecule has 7 nitrogen and oxygen atoms in total. The highest BCUT2D eigenvalue weighted by Gasteiger charge is 2.28. The fourth-order valence-electron chi connectivity index (χ4n) is 2.75. The predicted molar refractivity (Wildman–Crippen MR) is 81.5 cm³/mol.